The van der Waals surface area contributed by atoms with Crippen LogP contribution in [-0.2, 0) is 24.3 Å². The first-order valence-corrected chi connectivity index (χ1v) is 10.5. The number of rotatable bonds is 3. The molecule has 0 aromatic heterocycles. The normalized spacial score (nSPS) is 21.4. The van der Waals surface area contributed by atoms with Crippen LogP contribution in [-0.4, -0.2) is 50.1 Å². The van der Waals surface area contributed by atoms with E-state index in [-0.39, 0.29) is 23.1 Å². The predicted molar refractivity (Wildman–Crippen MR) is 99.9 cm³/mol. The van der Waals surface area contributed by atoms with Gasteiger partial charge in [-0.2, -0.15) is 8.42 Å². The van der Waals surface area contributed by atoms with Crippen LogP contribution in [0.1, 0.15) is 45.6 Å². The molecule has 0 radical (unpaired) electrons. The molecular weight excluding hydrogens is 368 g/mol. The molecule has 0 unspecified atom stereocenters. The van der Waals surface area contributed by atoms with Crippen molar-refractivity contribution >= 4 is 27.6 Å². The van der Waals surface area contributed by atoms with Gasteiger partial charge in [-0.3, -0.25) is 4.79 Å². The second-order valence-corrected chi connectivity index (χ2v) is 9.44. The van der Waals surface area contributed by atoms with Gasteiger partial charge in [0.2, 0.25) is 0 Å². The van der Waals surface area contributed by atoms with E-state index in [9.17, 15) is 18.0 Å². The number of fused-ring (bicyclic) bond motifs is 1. The second-order valence-electron chi connectivity index (χ2n) is 7.87. The molecule has 1 atom stereocenters. The Bertz CT molecular complexity index is 899. The van der Waals surface area contributed by atoms with Gasteiger partial charge in [-0.05, 0) is 31.4 Å². The number of carbonyl (C=O) groups is 2. The van der Waals surface area contributed by atoms with Crippen LogP contribution in [0, 0.1) is 5.41 Å². The molecule has 0 amide bonds. The smallest absolute Gasteiger partial charge is 0.329 e. The van der Waals surface area contributed by atoms with Crippen LogP contribution in [0.4, 0.5) is 0 Å². The molecule has 1 aromatic rings. The number of piperidine rings is 1. The van der Waals surface area contributed by atoms with E-state index in [0.29, 0.717) is 18.5 Å². The van der Waals surface area contributed by atoms with Crippen molar-refractivity contribution < 1.29 is 22.7 Å². The quantitative estimate of drug-likeness (QED) is 0.732. The molecule has 2 aliphatic heterocycles. The number of hydrogen-bond acceptors (Lipinski definition) is 6. The maximum absolute atomic E-state index is 12.6. The minimum Gasteiger partial charge on any atom is -0.456 e. The fourth-order valence-electron chi connectivity index (χ4n) is 3.18. The summed E-state index contributed by atoms with van der Waals surface area (Å²) in [5.41, 5.74) is -0.0855. The van der Waals surface area contributed by atoms with Gasteiger partial charge in [-0.15, -0.1) is 4.40 Å². The zero-order chi connectivity index (χ0) is 19.8. The molecule has 2 aliphatic rings. The number of ether oxygens (including phenoxy) is 1. The van der Waals surface area contributed by atoms with Crippen LogP contribution in [0.15, 0.2) is 33.6 Å². The molecule has 146 valence electrons. The Balaban J connectivity index is 1.83. The van der Waals surface area contributed by atoms with Crippen LogP contribution in [0.25, 0.3) is 0 Å². The molecule has 0 saturated carbocycles. The maximum Gasteiger partial charge on any atom is 0.329 e. The summed E-state index contributed by atoms with van der Waals surface area (Å²) in [6.45, 7) is 5.53. The summed E-state index contributed by atoms with van der Waals surface area (Å²) in [6.07, 6.45) is 2.18. The molecular formula is C19H24N2O5S. The highest BCUT2D eigenvalue weighted by atomic mass is 32.2. The van der Waals surface area contributed by atoms with E-state index in [1.807, 2.05) is 0 Å². The van der Waals surface area contributed by atoms with E-state index < -0.39 is 27.4 Å². The van der Waals surface area contributed by atoms with E-state index in [1.165, 1.54) is 6.07 Å². The third-order valence-electron chi connectivity index (χ3n) is 4.84. The third-order valence-corrected chi connectivity index (χ3v) is 6.17. The topological polar surface area (TPSA) is 93.1 Å². The van der Waals surface area contributed by atoms with Crippen LogP contribution in [0.3, 0.4) is 0 Å². The van der Waals surface area contributed by atoms with Crippen LogP contribution >= 0.6 is 0 Å². The predicted octanol–water partition coefficient (Wildman–Crippen LogP) is 2.15. The lowest BCUT2D eigenvalue weighted by Crippen LogP contribution is -2.49. The molecule has 2 heterocycles. The van der Waals surface area contributed by atoms with Crippen molar-refractivity contribution in [3.63, 3.8) is 0 Å². The molecule has 27 heavy (non-hydrogen) atoms. The summed E-state index contributed by atoms with van der Waals surface area (Å²) in [6, 6.07) is 5.95. The Labute approximate surface area is 159 Å². The number of hydrogen-bond donors (Lipinski definition) is 0. The lowest BCUT2D eigenvalue weighted by molar-refractivity contribution is -0.154. The molecule has 8 heteroatoms. The number of Topliss-reactive ketones (excluding diaryl/α,β-unsaturated/α-hetero) is 1. The van der Waals surface area contributed by atoms with Gasteiger partial charge in [0.25, 0.3) is 10.0 Å². The molecule has 3 rings (SSSR count). The van der Waals surface area contributed by atoms with Crippen molar-refractivity contribution in [2.45, 2.75) is 51.0 Å². The van der Waals surface area contributed by atoms with Gasteiger partial charge in [-0.1, -0.05) is 32.9 Å². The first kappa shape index (κ1) is 19.5. The molecule has 1 aromatic carbocycles. The van der Waals surface area contributed by atoms with E-state index in [4.69, 9.17) is 4.74 Å². The second kappa shape index (κ2) is 7.07. The van der Waals surface area contributed by atoms with Gasteiger partial charge in [0.05, 0.1) is 0 Å². The van der Waals surface area contributed by atoms with Crippen molar-refractivity contribution in [3.8, 4) is 0 Å². The number of esters is 1. The Morgan fingerprint density at radius 1 is 1.22 bits per heavy atom. The van der Waals surface area contributed by atoms with Crippen LogP contribution < -0.4 is 0 Å². The van der Waals surface area contributed by atoms with Gasteiger partial charge in [-0.25, -0.2) is 4.79 Å². The average Bonchev–Trinajstić information content (AvgIpc) is 2.90. The third kappa shape index (κ3) is 3.90. The van der Waals surface area contributed by atoms with Gasteiger partial charge >= 0.3 is 5.97 Å². The minimum absolute atomic E-state index is 0.153. The number of sulfonamides is 1. The summed E-state index contributed by atoms with van der Waals surface area (Å²) in [4.78, 5) is 26.6. The fraction of sp³-hybridized carbons (Fsp3) is 0.526. The first-order valence-electron chi connectivity index (χ1n) is 9.02. The summed E-state index contributed by atoms with van der Waals surface area (Å²) in [5.74, 6) is -0.393. The van der Waals surface area contributed by atoms with E-state index in [1.54, 1.807) is 43.9 Å². The minimum atomic E-state index is -3.76. The van der Waals surface area contributed by atoms with Crippen molar-refractivity contribution in [1.29, 1.82) is 0 Å². The molecule has 1 saturated heterocycles. The number of likely N-dealkylation sites (tertiary alicyclic amines) is 1. The highest BCUT2D eigenvalue weighted by molar-refractivity contribution is 7.90. The van der Waals surface area contributed by atoms with Crippen molar-refractivity contribution in [3.05, 3.63) is 29.8 Å². The molecule has 0 N–H and O–H groups in total. The molecule has 0 spiro atoms. The lowest BCUT2D eigenvalue weighted by atomic mass is 9.91. The van der Waals surface area contributed by atoms with Gasteiger partial charge in [0.1, 0.15) is 10.9 Å². The SMILES string of the molecule is CC(C)(C)C(=O)COC(=O)[C@H]1CCCCN1C1=NS(=O)(=O)c2ccccc21. The van der Waals surface area contributed by atoms with Crippen LogP contribution in [0.5, 0.6) is 0 Å². The standard InChI is InChI=1S/C19H24N2O5S/c1-19(2,3)16(22)12-26-18(23)14-9-6-7-11-21(14)17-13-8-4-5-10-15(13)27(24,25)20-17/h4-5,8,10,14H,6-7,9,11-12H2,1-3H3/t14-/m1/s1. The van der Waals surface area contributed by atoms with Gasteiger partial charge < -0.3 is 9.64 Å². The van der Waals surface area contributed by atoms with E-state index >= 15 is 0 Å². The number of benzene rings is 1. The number of amidine groups is 1. The van der Waals surface area contributed by atoms with Gasteiger partial charge in [0, 0.05) is 17.5 Å². The van der Waals surface area contributed by atoms with Crippen molar-refractivity contribution in [2.24, 2.45) is 9.81 Å². The average molecular weight is 392 g/mol. The van der Waals surface area contributed by atoms with Gasteiger partial charge in [0.15, 0.2) is 18.2 Å². The fourth-order valence-corrected chi connectivity index (χ4v) is 4.39. The van der Waals surface area contributed by atoms with E-state index in [2.05, 4.69) is 4.40 Å². The number of nitrogens with zero attached hydrogens (tertiary/aromatic N) is 2. The molecule has 0 bridgehead atoms. The Hall–Kier alpha value is -2.22. The largest absolute Gasteiger partial charge is 0.456 e. The highest BCUT2D eigenvalue weighted by Crippen LogP contribution is 2.31. The zero-order valence-corrected chi connectivity index (χ0v) is 16.6. The van der Waals surface area contributed by atoms with Crippen molar-refractivity contribution in [1.82, 2.24) is 4.90 Å². The monoisotopic (exact) mass is 392 g/mol. The molecule has 1 fully saturated rings. The zero-order valence-electron chi connectivity index (χ0n) is 15.8. The summed E-state index contributed by atoms with van der Waals surface area (Å²) in [5, 5.41) is 0. The molecule has 0 aliphatic carbocycles. The Morgan fingerprint density at radius 3 is 2.63 bits per heavy atom. The summed E-state index contributed by atoms with van der Waals surface area (Å²) in [7, 11) is -3.76. The first-order chi connectivity index (χ1) is 12.6. The number of carbonyl (C=O) groups excluding carboxylic acids is 2. The highest BCUT2D eigenvalue weighted by Gasteiger charge is 2.39. The Kier molecular flexibility index (Phi) is 5.12. The Morgan fingerprint density at radius 2 is 1.93 bits per heavy atom. The van der Waals surface area contributed by atoms with Crippen LogP contribution in [0.2, 0.25) is 0 Å². The maximum atomic E-state index is 12.6. The molecule has 7 nitrogen and oxygen atoms in total. The van der Waals surface area contributed by atoms with E-state index in [0.717, 1.165) is 12.8 Å². The number of ketones is 1. The summed E-state index contributed by atoms with van der Waals surface area (Å²) >= 11 is 0. The lowest BCUT2D eigenvalue weighted by Gasteiger charge is -2.35. The summed E-state index contributed by atoms with van der Waals surface area (Å²) < 4.78 is 33.9. The van der Waals surface area contributed by atoms with Crippen molar-refractivity contribution in [2.75, 3.05) is 13.2 Å².